The molecule has 7 nitrogen and oxygen atoms in total. The van der Waals surface area contributed by atoms with Gasteiger partial charge in [-0.1, -0.05) is 30.0 Å². The predicted molar refractivity (Wildman–Crippen MR) is 87.1 cm³/mol. The minimum Gasteiger partial charge on any atom is -0.369 e. The number of imidazole rings is 1. The molecule has 0 saturated carbocycles. The first-order chi connectivity index (χ1) is 10.5. The average Bonchev–Trinajstić information content (AvgIpc) is 3.07. The third kappa shape index (κ3) is 3.29. The van der Waals surface area contributed by atoms with E-state index in [4.69, 9.17) is 0 Å². The van der Waals surface area contributed by atoms with Crippen molar-refractivity contribution >= 4 is 34.3 Å². The number of aliphatic hydroxyl groups is 1. The van der Waals surface area contributed by atoms with Gasteiger partial charge >= 0.3 is 0 Å². The van der Waals surface area contributed by atoms with Crippen LogP contribution in [0.25, 0.3) is 0 Å². The van der Waals surface area contributed by atoms with E-state index in [1.807, 2.05) is 18.2 Å². The number of amidine groups is 1. The Labute approximate surface area is 131 Å². The summed E-state index contributed by atoms with van der Waals surface area (Å²) in [6.07, 6.45) is 1.43. The Morgan fingerprint density at radius 3 is 2.86 bits per heavy atom. The number of H-pyrrole nitrogens is 1. The molecule has 1 aromatic carbocycles. The van der Waals surface area contributed by atoms with Crippen molar-refractivity contribution in [1.82, 2.24) is 9.97 Å². The fraction of sp³-hybridized carbons (Fsp3) is 0.214. The first kappa shape index (κ1) is 14.6. The van der Waals surface area contributed by atoms with Crippen LogP contribution in [-0.2, 0) is 0 Å². The van der Waals surface area contributed by atoms with Gasteiger partial charge in [-0.2, -0.15) is 0 Å². The Balaban J connectivity index is 1.74. The molecule has 22 heavy (non-hydrogen) atoms. The van der Waals surface area contributed by atoms with Gasteiger partial charge in [-0.05, 0) is 19.1 Å². The molecule has 8 heteroatoms. The van der Waals surface area contributed by atoms with Crippen LogP contribution in [0.15, 0.2) is 41.7 Å². The van der Waals surface area contributed by atoms with Gasteiger partial charge in [0.1, 0.15) is 5.69 Å². The maximum atomic E-state index is 12.3. The second kappa shape index (κ2) is 5.82. The second-order valence-electron chi connectivity index (χ2n) is 4.99. The van der Waals surface area contributed by atoms with Crippen LogP contribution in [0.2, 0.25) is 0 Å². The molecule has 0 fully saturated rings. The van der Waals surface area contributed by atoms with E-state index in [0.717, 1.165) is 0 Å². The SMILES string of the molecule is C[C@]1(O)CSC(Nc2nc[nH]c2C(=O)Nc2ccccc2)=N1. The molecule has 0 bridgehead atoms. The molecule has 114 valence electrons. The number of nitrogens with one attached hydrogen (secondary N) is 3. The van der Waals surface area contributed by atoms with Gasteiger partial charge < -0.3 is 20.7 Å². The lowest BCUT2D eigenvalue weighted by Gasteiger charge is -2.08. The van der Waals surface area contributed by atoms with Gasteiger partial charge in [-0.15, -0.1) is 0 Å². The van der Waals surface area contributed by atoms with Gasteiger partial charge in [0.25, 0.3) is 5.91 Å². The zero-order chi connectivity index (χ0) is 15.6. The van der Waals surface area contributed by atoms with Gasteiger partial charge in [0.05, 0.1) is 12.1 Å². The third-order valence-corrected chi connectivity index (χ3v) is 4.11. The van der Waals surface area contributed by atoms with E-state index in [1.165, 1.54) is 18.1 Å². The molecule has 1 aliphatic heterocycles. The fourth-order valence-corrected chi connectivity index (χ4v) is 2.84. The molecule has 0 radical (unpaired) electrons. The number of carbonyl (C=O) groups excluding carboxylic acids is 1. The number of thioether (sulfide) groups is 1. The van der Waals surface area contributed by atoms with Gasteiger partial charge in [-0.25, -0.2) is 9.98 Å². The van der Waals surface area contributed by atoms with Crippen molar-refractivity contribution in [3.8, 4) is 0 Å². The van der Waals surface area contributed by atoms with Crippen LogP contribution in [0, 0.1) is 0 Å². The Hall–Kier alpha value is -2.32. The summed E-state index contributed by atoms with van der Waals surface area (Å²) >= 11 is 1.38. The molecule has 0 unspecified atom stereocenters. The largest absolute Gasteiger partial charge is 0.369 e. The molecule has 0 aliphatic carbocycles. The van der Waals surface area contributed by atoms with Crippen molar-refractivity contribution in [1.29, 1.82) is 0 Å². The van der Waals surface area contributed by atoms with Crippen LogP contribution >= 0.6 is 11.8 Å². The lowest BCUT2D eigenvalue weighted by molar-refractivity contribution is 0.0987. The van der Waals surface area contributed by atoms with E-state index in [0.29, 0.717) is 28.1 Å². The standard InChI is InChI=1S/C14H15N5O2S/c1-14(21)7-22-13(19-14)18-11-10(15-8-16-11)12(20)17-9-5-3-2-4-6-9/h2-6,8,21H,7H2,1H3,(H,15,16)(H,17,20)(H,18,19)/t14-/m0/s1. The number of para-hydroxylation sites is 1. The molecule has 1 atom stereocenters. The van der Waals surface area contributed by atoms with Crippen LogP contribution in [0.5, 0.6) is 0 Å². The number of anilines is 2. The monoisotopic (exact) mass is 317 g/mol. The number of nitrogens with zero attached hydrogens (tertiary/aromatic N) is 2. The van der Waals surface area contributed by atoms with E-state index < -0.39 is 5.72 Å². The molecule has 0 saturated heterocycles. The number of aromatic nitrogens is 2. The van der Waals surface area contributed by atoms with E-state index in [1.54, 1.807) is 19.1 Å². The molecular weight excluding hydrogens is 302 g/mol. The molecule has 4 N–H and O–H groups in total. The summed E-state index contributed by atoms with van der Waals surface area (Å²) in [4.78, 5) is 23.3. The molecule has 0 spiro atoms. The highest BCUT2D eigenvalue weighted by molar-refractivity contribution is 8.14. The maximum Gasteiger partial charge on any atom is 0.275 e. The Morgan fingerprint density at radius 2 is 2.18 bits per heavy atom. The van der Waals surface area contributed by atoms with Crippen molar-refractivity contribution in [2.45, 2.75) is 12.6 Å². The summed E-state index contributed by atoms with van der Waals surface area (Å²) in [5.74, 6) is 0.532. The maximum absolute atomic E-state index is 12.3. The number of hydrogen-bond donors (Lipinski definition) is 4. The molecule has 1 aliphatic rings. The summed E-state index contributed by atoms with van der Waals surface area (Å²) in [6, 6.07) is 9.16. The zero-order valence-electron chi connectivity index (χ0n) is 11.8. The summed E-state index contributed by atoms with van der Waals surface area (Å²) in [5, 5.41) is 16.1. The third-order valence-electron chi connectivity index (χ3n) is 2.95. The minimum atomic E-state index is -1.09. The molecule has 2 aromatic rings. The van der Waals surface area contributed by atoms with Gasteiger partial charge in [0, 0.05) is 5.69 Å². The summed E-state index contributed by atoms with van der Waals surface area (Å²) in [5.41, 5.74) is -0.0854. The van der Waals surface area contributed by atoms with E-state index in [9.17, 15) is 9.90 Å². The molecule has 2 heterocycles. The number of hydrogen-bond acceptors (Lipinski definition) is 6. The zero-order valence-corrected chi connectivity index (χ0v) is 12.6. The molecular formula is C14H15N5O2S. The van der Waals surface area contributed by atoms with Crippen LogP contribution < -0.4 is 10.6 Å². The van der Waals surface area contributed by atoms with Crippen LogP contribution in [0.3, 0.4) is 0 Å². The number of aromatic amines is 1. The number of aliphatic imine (C=N–C) groups is 1. The smallest absolute Gasteiger partial charge is 0.275 e. The van der Waals surface area contributed by atoms with E-state index in [2.05, 4.69) is 25.6 Å². The van der Waals surface area contributed by atoms with Gasteiger partial charge in [0.2, 0.25) is 0 Å². The first-order valence-corrected chi connectivity index (χ1v) is 7.64. The van der Waals surface area contributed by atoms with Crippen molar-refractivity contribution in [2.24, 2.45) is 4.99 Å². The van der Waals surface area contributed by atoms with Crippen LogP contribution in [0.4, 0.5) is 11.5 Å². The fourth-order valence-electron chi connectivity index (χ4n) is 1.93. The van der Waals surface area contributed by atoms with Crippen molar-refractivity contribution in [3.63, 3.8) is 0 Å². The number of amides is 1. The van der Waals surface area contributed by atoms with E-state index in [-0.39, 0.29) is 5.91 Å². The number of benzene rings is 1. The van der Waals surface area contributed by atoms with Crippen LogP contribution in [0.1, 0.15) is 17.4 Å². The normalized spacial score (nSPS) is 20.5. The second-order valence-corrected chi connectivity index (χ2v) is 5.96. The Kier molecular flexibility index (Phi) is 3.86. The van der Waals surface area contributed by atoms with Gasteiger partial charge in [-0.3, -0.25) is 4.79 Å². The first-order valence-electron chi connectivity index (χ1n) is 6.65. The van der Waals surface area contributed by atoms with Crippen molar-refractivity contribution in [2.75, 3.05) is 16.4 Å². The molecule has 1 amide bonds. The average molecular weight is 317 g/mol. The number of rotatable bonds is 3. The topological polar surface area (TPSA) is 102 Å². The quantitative estimate of drug-likeness (QED) is 0.692. The number of carbonyl (C=O) groups is 1. The van der Waals surface area contributed by atoms with Crippen molar-refractivity contribution in [3.05, 3.63) is 42.4 Å². The summed E-state index contributed by atoms with van der Waals surface area (Å²) in [7, 11) is 0. The summed E-state index contributed by atoms with van der Waals surface area (Å²) in [6.45, 7) is 1.63. The summed E-state index contributed by atoms with van der Waals surface area (Å²) < 4.78 is 0. The molecule has 3 rings (SSSR count). The van der Waals surface area contributed by atoms with Crippen LogP contribution in [-0.4, -0.2) is 37.6 Å². The lowest BCUT2D eigenvalue weighted by Crippen LogP contribution is -2.20. The Bertz CT molecular complexity index is 711. The Morgan fingerprint density at radius 1 is 1.41 bits per heavy atom. The lowest BCUT2D eigenvalue weighted by atomic mass is 10.3. The highest BCUT2D eigenvalue weighted by Crippen LogP contribution is 2.26. The van der Waals surface area contributed by atoms with Crippen molar-refractivity contribution < 1.29 is 9.90 Å². The minimum absolute atomic E-state index is 0.304. The van der Waals surface area contributed by atoms with E-state index >= 15 is 0 Å². The predicted octanol–water partition coefficient (Wildman–Crippen LogP) is 1.89. The highest BCUT2D eigenvalue weighted by Gasteiger charge is 2.28. The van der Waals surface area contributed by atoms with Gasteiger partial charge in [0.15, 0.2) is 16.7 Å². The highest BCUT2D eigenvalue weighted by atomic mass is 32.2. The molecule has 1 aromatic heterocycles.